The molecule has 1 atom stereocenters. The topological polar surface area (TPSA) is 36.9 Å². The number of halogens is 2. The van der Waals surface area contributed by atoms with Gasteiger partial charge < -0.3 is 15.0 Å². The fourth-order valence-electron chi connectivity index (χ4n) is 2.63. The summed E-state index contributed by atoms with van der Waals surface area (Å²) in [5, 5.41) is 3.45. The van der Waals surface area contributed by atoms with Crippen molar-refractivity contribution in [2.45, 2.75) is 19.9 Å². The van der Waals surface area contributed by atoms with Gasteiger partial charge in [0.05, 0.1) is 18.2 Å². The molecule has 0 saturated carbocycles. The van der Waals surface area contributed by atoms with Crippen molar-refractivity contribution in [2.24, 2.45) is 10.9 Å². The highest BCUT2D eigenvalue weighted by molar-refractivity contribution is 6.30. The molecule has 1 aliphatic heterocycles. The third kappa shape index (κ3) is 4.58. The number of aliphatic imine (C=N–C) groups is 1. The van der Waals surface area contributed by atoms with Crippen molar-refractivity contribution in [3.05, 3.63) is 34.6 Å². The molecule has 6 heteroatoms. The first kappa shape index (κ1) is 17.0. The highest BCUT2D eigenvalue weighted by Crippen LogP contribution is 2.18. The lowest BCUT2D eigenvalue weighted by Crippen LogP contribution is -2.40. The zero-order valence-electron chi connectivity index (χ0n) is 13.1. The van der Waals surface area contributed by atoms with Gasteiger partial charge in [0.1, 0.15) is 5.82 Å². The molecule has 0 spiro atoms. The molecule has 0 amide bonds. The molecule has 1 aliphatic rings. The van der Waals surface area contributed by atoms with Gasteiger partial charge in [0.25, 0.3) is 0 Å². The van der Waals surface area contributed by atoms with Crippen LogP contribution in [0.25, 0.3) is 0 Å². The first-order chi connectivity index (χ1) is 10.6. The summed E-state index contributed by atoms with van der Waals surface area (Å²) in [4.78, 5) is 6.89. The second-order valence-corrected chi connectivity index (χ2v) is 5.88. The molecule has 1 unspecified atom stereocenters. The number of rotatable bonds is 5. The van der Waals surface area contributed by atoms with E-state index in [2.05, 4.69) is 15.2 Å². The first-order valence-electron chi connectivity index (χ1n) is 7.60. The van der Waals surface area contributed by atoms with Gasteiger partial charge >= 0.3 is 0 Å². The van der Waals surface area contributed by atoms with Crippen molar-refractivity contribution in [1.82, 2.24) is 10.2 Å². The summed E-state index contributed by atoms with van der Waals surface area (Å²) >= 11 is 5.81. The number of benzene rings is 1. The van der Waals surface area contributed by atoms with E-state index in [1.807, 2.05) is 6.92 Å². The van der Waals surface area contributed by atoms with E-state index in [9.17, 15) is 4.39 Å². The van der Waals surface area contributed by atoms with E-state index in [-0.39, 0.29) is 5.02 Å². The molecule has 1 saturated heterocycles. The summed E-state index contributed by atoms with van der Waals surface area (Å²) in [5.74, 6) is 1.04. The van der Waals surface area contributed by atoms with Crippen LogP contribution in [0.3, 0.4) is 0 Å². The van der Waals surface area contributed by atoms with Gasteiger partial charge in [-0.3, -0.25) is 0 Å². The van der Waals surface area contributed by atoms with E-state index in [1.54, 1.807) is 19.2 Å². The minimum absolute atomic E-state index is 0.138. The highest BCUT2D eigenvalue weighted by Gasteiger charge is 2.24. The lowest BCUT2D eigenvalue weighted by molar-refractivity contribution is 0.157. The third-order valence-corrected chi connectivity index (χ3v) is 4.01. The van der Waals surface area contributed by atoms with Gasteiger partial charge in [-0.15, -0.1) is 0 Å². The van der Waals surface area contributed by atoms with E-state index >= 15 is 0 Å². The Morgan fingerprint density at radius 1 is 1.55 bits per heavy atom. The molecule has 22 heavy (non-hydrogen) atoms. The quantitative estimate of drug-likeness (QED) is 0.667. The predicted molar refractivity (Wildman–Crippen MR) is 87.8 cm³/mol. The van der Waals surface area contributed by atoms with Gasteiger partial charge in [-0.2, -0.15) is 0 Å². The highest BCUT2D eigenvalue weighted by atomic mass is 35.5. The number of nitrogens with one attached hydrogen (secondary N) is 1. The minimum Gasteiger partial charge on any atom is -0.384 e. The molecule has 4 nitrogen and oxygen atoms in total. The summed E-state index contributed by atoms with van der Waals surface area (Å²) in [5.41, 5.74) is 0.898. The number of guanidine groups is 1. The Balaban J connectivity index is 2.02. The summed E-state index contributed by atoms with van der Waals surface area (Å²) < 4.78 is 18.4. The molecule has 122 valence electrons. The normalized spacial score (nSPS) is 18.8. The van der Waals surface area contributed by atoms with Crippen LogP contribution in [0, 0.1) is 11.7 Å². The number of likely N-dealkylation sites (tertiary alicyclic amines) is 1. The van der Waals surface area contributed by atoms with E-state index < -0.39 is 5.82 Å². The van der Waals surface area contributed by atoms with Crippen molar-refractivity contribution in [1.29, 1.82) is 0 Å². The Kier molecular flexibility index (Phi) is 6.46. The Morgan fingerprint density at radius 3 is 3.05 bits per heavy atom. The van der Waals surface area contributed by atoms with Crippen LogP contribution in [0.15, 0.2) is 23.2 Å². The molecule has 1 aromatic rings. The molecule has 0 radical (unpaired) electrons. The monoisotopic (exact) mass is 327 g/mol. The molecule has 1 aromatic carbocycles. The summed E-state index contributed by atoms with van der Waals surface area (Å²) in [7, 11) is 1.74. The summed E-state index contributed by atoms with van der Waals surface area (Å²) in [6.45, 7) is 6.05. The zero-order valence-corrected chi connectivity index (χ0v) is 13.9. The van der Waals surface area contributed by atoms with E-state index in [4.69, 9.17) is 16.3 Å². The lowest BCUT2D eigenvalue weighted by Gasteiger charge is -2.21. The predicted octanol–water partition coefficient (Wildman–Crippen LogP) is 2.91. The number of nitrogens with zero attached hydrogens (tertiary/aromatic N) is 2. The van der Waals surface area contributed by atoms with Crippen LogP contribution in [0.5, 0.6) is 0 Å². The average Bonchev–Trinajstić information content (AvgIpc) is 2.96. The van der Waals surface area contributed by atoms with Crippen LogP contribution in [0.2, 0.25) is 5.02 Å². The second kappa shape index (κ2) is 8.34. The Bertz CT molecular complexity index is 524. The van der Waals surface area contributed by atoms with Crippen LogP contribution < -0.4 is 5.32 Å². The Labute approximate surface area is 136 Å². The van der Waals surface area contributed by atoms with Crippen molar-refractivity contribution in [3.63, 3.8) is 0 Å². The molecule has 1 heterocycles. The molecule has 0 aromatic heterocycles. The number of methoxy groups -OCH3 is 1. The van der Waals surface area contributed by atoms with Crippen LogP contribution >= 0.6 is 11.6 Å². The number of ether oxygens (including phenoxy) is 1. The minimum atomic E-state index is -0.400. The maximum atomic E-state index is 13.2. The van der Waals surface area contributed by atoms with Gasteiger partial charge in [-0.1, -0.05) is 17.7 Å². The molecule has 2 rings (SSSR count). The van der Waals surface area contributed by atoms with Crippen LogP contribution in [0.1, 0.15) is 18.9 Å². The standard InChI is InChI=1S/C16H23ClFN3O/c1-3-19-16(21-7-6-13(10-21)11-22-2)20-9-12-4-5-15(18)14(17)8-12/h4-5,8,13H,3,6-7,9-11H2,1-2H3,(H,19,20). The summed E-state index contributed by atoms with van der Waals surface area (Å²) in [6, 6.07) is 4.72. The number of hydrogen-bond acceptors (Lipinski definition) is 2. The van der Waals surface area contributed by atoms with Crippen molar-refractivity contribution in [2.75, 3.05) is 33.4 Å². The SMILES string of the molecule is CCNC(=NCc1ccc(F)c(Cl)c1)N1CCC(COC)C1. The molecule has 0 bridgehead atoms. The third-order valence-electron chi connectivity index (χ3n) is 3.72. The van der Waals surface area contributed by atoms with Crippen molar-refractivity contribution >= 4 is 17.6 Å². The Morgan fingerprint density at radius 2 is 2.36 bits per heavy atom. The number of hydrogen-bond donors (Lipinski definition) is 1. The van der Waals surface area contributed by atoms with Gasteiger partial charge in [0.2, 0.25) is 0 Å². The fraction of sp³-hybridized carbons (Fsp3) is 0.562. The molecular formula is C16H23ClFN3O. The van der Waals surface area contributed by atoms with Gasteiger partial charge in [-0.05, 0) is 31.0 Å². The summed E-state index contributed by atoms with van der Waals surface area (Å²) in [6.07, 6.45) is 1.11. The lowest BCUT2D eigenvalue weighted by atomic mass is 10.1. The molecule has 0 aliphatic carbocycles. The van der Waals surface area contributed by atoms with Gasteiger partial charge in [0.15, 0.2) is 5.96 Å². The molecule has 1 N–H and O–H groups in total. The van der Waals surface area contributed by atoms with Crippen LogP contribution in [-0.4, -0.2) is 44.2 Å². The second-order valence-electron chi connectivity index (χ2n) is 5.47. The maximum Gasteiger partial charge on any atom is 0.194 e. The first-order valence-corrected chi connectivity index (χ1v) is 7.98. The Hall–Kier alpha value is -1.33. The molecule has 1 fully saturated rings. The largest absolute Gasteiger partial charge is 0.384 e. The van der Waals surface area contributed by atoms with E-state index in [0.29, 0.717) is 12.5 Å². The maximum absolute atomic E-state index is 13.2. The fourth-order valence-corrected chi connectivity index (χ4v) is 2.83. The average molecular weight is 328 g/mol. The van der Waals surface area contributed by atoms with Gasteiger partial charge in [-0.25, -0.2) is 9.38 Å². The van der Waals surface area contributed by atoms with E-state index in [0.717, 1.165) is 44.2 Å². The zero-order chi connectivity index (χ0) is 15.9. The molecular weight excluding hydrogens is 305 g/mol. The smallest absolute Gasteiger partial charge is 0.194 e. The van der Waals surface area contributed by atoms with Crippen molar-refractivity contribution in [3.8, 4) is 0 Å². The van der Waals surface area contributed by atoms with Gasteiger partial charge in [0, 0.05) is 32.7 Å². The van der Waals surface area contributed by atoms with Crippen molar-refractivity contribution < 1.29 is 9.13 Å². The van der Waals surface area contributed by atoms with Crippen LogP contribution in [-0.2, 0) is 11.3 Å². The van der Waals surface area contributed by atoms with E-state index in [1.165, 1.54) is 6.07 Å². The van der Waals surface area contributed by atoms with Crippen LogP contribution in [0.4, 0.5) is 4.39 Å².